The summed E-state index contributed by atoms with van der Waals surface area (Å²) in [6, 6.07) is 8.57. The summed E-state index contributed by atoms with van der Waals surface area (Å²) < 4.78 is 0. The highest BCUT2D eigenvalue weighted by molar-refractivity contribution is 5.74. The second-order valence-corrected chi connectivity index (χ2v) is 7.07. The van der Waals surface area contributed by atoms with Crippen molar-refractivity contribution in [3.8, 4) is 0 Å². The van der Waals surface area contributed by atoms with Gasteiger partial charge in [-0.1, -0.05) is 44.0 Å². The van der Waals surface area contributed by atoms with Gasteiger partial charge in [0.25, 0.3) is 0 Å². The molecule has 0 unspecified atom stereocenters. The number of hydrogen-bond acceptors (Lipinski definition) is 1. The van der Waals surface area contributed by atoms with Crippen molar-refractivity contribution in [2.45, 2.75) is 58.8 Å². The smallest absolute Gasteiger partial charge is 0.309 e. The Morgan fingerprint density at radius 3 is 2.50 bits per heavy atom. The summed E-state index contributed by atoms with van der Waals surface area (Å²) in [5.74, 6) is 0.800. The number of benzene rings is 1. The van der Waals surface area contributed by atoms with Crippen molar-refractivity contribution in [2.24, 2.45) is 11.3 Å². The topological polar surface area (TPSA) is 37.3 Å². The Balaban J connectivity index is 2.10. The summed E-state index contributed by atoms with van der Waals surface area (Å²) in [5.41, 5.74) is 1.85. The Morgan fingerprint density at radius 2 is 1.90 bits per heavy atom. The SMILES string of the molecule is CC1CCC(c2cccc(CC(C)(C)C(=O)O)c2)CC1. The van der Waals surface area contributed by atoms with Crippen LogP contribution in [0.2, 0.25) is 0 Å². The first-order valence-electron chi connectivity index (χ1n) is 7.71. The van der Waals surface area contributed by atoms with E-state index in [1.54, 1.807) is 13.8 Å². The maximum absolute atomic E-state index is 11.2. The fourth-order valence-corrected chi connectivity index (χ4v) is 3.14. The quantitative estimate of drug-likeness (QED) is 0.869. The molecular formula is C18H26O2. The van der Waals surface area contributed by atoms with Crippen molar-refractivity contribution in [1.82, 2.24) is 0 Å². The number of carbonyl (C=O) groups is 1. The van der Waals surface area contributed by atoms with Crippen molar-refractivity contribution in [1.29, 1.82) is 0 Å². The molecule has 2 nitrogen and oxygen atoms in total. The molecule has 0 saturated heterocycles. The van der Waals surface area contributed by atoms with E-state index in [0.717, 1.165) is 11.5 Å². The molecule has 0 bridgehead atoms. The minimum absolute atomic E-state index is 0.597. The van der Waals surface area contributed by atoms with Gasteiger partial charge in [0, 0.05) is 0 Å². The van der Waals surface area contributed by atoms with Crippen LogP contribution in [0, 0.1) is 11.3 Å². The Morgan fingerprint density at radius 1 is 1.25 bits per heavy atom. The molecule has 2 heteroatoms. The van der Waals surface area contributed by atoms with E-state index in [1.165, 1.54) is 31.2 Å². The molecule has 110 valence electrons. The molecule has 0 spiro atoms. The number of carboxylic acids is 1. The maximum atomic E-state index is 11.2. The van der Waals surface area contributed by atoms with E-state index in [2.05, 4.69) is 31.2 Å². The fourth-order valence-electron chi connectivity index (χ4n) is 3.14. The molecular weight excluding hydrogens is 248 g/mol. The molecule has 0 aromatic heterocycles. The molecule has 1 N–H and O–H groups in total. The van der Waals surface area contributed by atoms with Crippen molar-refractivity contribution in [3.63, 3.8) is 0 Å². The summed E-state index contributed by atoms with van der Waals surface area (Å²) in [7, 11) is 0. The van der Waals surface area contributed by atoms with Gasteiger partial charge in [-0.2, -0.15) is 0 Å². The molecule has 0 amide bonds. The van der Waals surface area contributed by atoms with Gasteiger partial charge in [-0.3, -0.25) is 4.79 Å². The molecule has 1 fully saturated rings. The van der Waals surface area contributed by atoms with Gasteiger partial charge in [0.05, 0.1) is 5.41 Å². The summed E-state index contributed by atoms with van der Waals surface area (Å²) in [6.45, 7) is 5.93. The lowest BCUT2D eigenvalue weighted by atomic mass is 9.78. The van der Waals surface area contributed by atoms with Crippen LogP contribution >= 0.6 is 0 Å². The molecule has 1 aliphatic carbocycles. The third kappa shape index (κ3) is 3.62. The second-order valence-electron chi connectivity index (χ2n) is 7.07. The monoisotopic (exact) mass is 274 g/mol. The molecule has 0 atom stereocenters. The van der Waals surface area contributed by atoms with Crippen LogP contribution in [0.4, 0.5) is 0 Å². The molecule has 20 heavy (non-hydrogen) atoms. The molecule has 0 radical (unpaired) electrons. The molecule has 1 aliphatic rings. The molecule has 0 heterocycles. The van der Waals surface area contributed by atoms with Crippen molar-refractivity contribution < 1.29 is 9.90 Å². The minimum Gasteiger partial charge on any atom is -0.481 e. The van der Waals surface area contributed by atoms with Gasteiger partial charge in [-0.05, 0) is 56.1 Å². The first-order chi connectivity index (χ1) is 9.38. The average molecular weight is 274 g/mol. The molecule has 0 aliphatic heterocycles. The van der Waals surface area contributed by atoms with E-state index in [9.17, 15) is 9.90 Å². The van der Waals surface area contributed by atoms with Crippen LogP contribution in [0.5, 0.6) is 0 Å². The Bertz CT molecular complexity index is 468. The van der Waals surface area contributed by atoms with Gasteiger partial charge < -0.3 is 5.11 Å². The van der Waals surface area contributed by atoms with E-state index in [4.69, 9.17) is 0 Å². The van der Waals surface area contributed by atoms with Crippen LogP contribution in [0.15, 0.2) is 24.3 Å². The van der Waals surface area contributed by atoms with E-state index < -0.39 is 11.4 Å². The van der Waals surface area contributed by atoms with Crippen LogP contribution in [-0.2, 0) is 11.2 Å². The van der Waals surface area contributed by atoms with Gasteiger partial charge in [0.15, 0.2) is 0 Å². The van der Waals surface area contributed by atoms with Gasteiger partial charge in [-0.25, -0.2) is 0 Å². The van der Waals surface area contributed by atoms with E-state index in [1.807, 2.05) is 0 Å². The zero-order valence-corrected chi connectivity index (χ0v) is 12.9. The zero-order chi connectivity index (χ0) is 14.8. The molecule has 1 aromatic rings. The van der Waals surface area contributed by atoms with E-state index in [-0.39, 0.29) is 0 Å². The number of carboxylic acid groups (broad SMARTS) is 1. The van der Waals surface area contributed by atoms with E-state index in [0.29, 0.717) is 12.3 Å². The van der Waals surface area contributed by atoms with E-state index >= 15 is 0 Å². The van der Waals surface area contributed by atoms with Gasteiger partial charge in [0.1, 0.15) is 0 Å². The highest BCUT2D eigenvalue weighted by Crippen LogP contribution is 2.36. The average Bonchev–Trinajstić information content (AvgIpc) is 2.39. The Labute approximate surface area is 122 Å². The van der Waals surface area contributed by atoms with Crippen LogP contribution < -0.4 is 0 Å². The summed E-state index contributed by atoms with van der Waals surface area (Å²) in [6.07, 6.45) is 5.77. The van der Waals surface area contributed by atoms with Crippen LogP contribution in [0.1, 0.15) is 63.5 Å². The predicted octanol–water partition coefficient (Wildman–Crippen LogP) is 4.63. The van der Waals surface area contributed by atoms with Crippen molar-refractivity contribution >= 4 is 5.97 Å². The van der Waals surface area contributed by atoms with Crippen LogP contribution in [-0.4, -0.2) is 11.1 Å². The van der Waals surface area contributed by atoms with Gasteiger partial charge in [0.2, 0.25) is 0 Å². The summed E-state index contributed by atoms with van der Waals surface area (Å²) >= 11 is 0. The Hall–Kier alpha value is -1.31. The number of hydrogen-bond donors (Lipinski definition) is 1. The minimum atomic E-state index is -0.727. The largest absolute Gasteiger partial charge is 0.481 e. The molecule has 1 aromatic carbocycles. The van der Waals surface area contributed by atoms with Crippen molar-refractivity contribution in [2.75, 3.05) is 0 Å². The lowest BCUT2D eigenvalue weighted by Crippen LogP contribution is -2.26. The summed E-state index contributed by atoms with van der Waals surface area (Å²) in [4.78, 5) is 11.2. The van der Waals surface area contributed by atoms with Crippen LogP contribution in [0.3, 0.4) is 0 Å². The Kier molecular flexibility index (Phi) is 4.52. The summed E-state index contributed by atoms with van der Waals surface area (Å²) in [5, 5.41) is 9.25. The third-order valence-electron chi connectivity index (χ3n) is 4.66. The van der Waals surface area contributed by atoms with Gasteiger partial charge in [-0.15, -0.1) is 0 Å². The van der Waals surface area contributed by atoms with Crippen molar-refractivity contribution in [3.05, 3.63) is 35.4 Å². The van der Waals surface area contributed by atoms with Crippen LogP contribution in [0.25, 0.3) is 0 Å². The lowest BCUT2D eigenvalue weighted by Gasteiger charge is -2.27. The molecule has 2 rings (SSSR count). The second kappa shape index (κ2) is 5.99. The molecule has 1 saturated carbocycles. The highest BCUT2D eigenvalue weighted by Gasteiger charge is 2.27. The zero-order valence-electron chi connectivity index (χ0n) is 12.9. The first-order valence-corrected chi connectivity index (χ1v) is 7.71. The third-order valence-corrected chi connectivity index (χ3v) is 4.66. The highest BCUT2D eigenvalue weighted by atomic mass is 16.4. The lowest BCUT2D eigenvalue weighted by molar-refractivity contribution is -0.146. The maximum Gasteiger partial charge on any atom is 0.309 e. The predicted molar refractivity (Wildman–Crippen MR) is 81.9 cm³/mol. The number of aliphatic carboxylic acids is 1. The number of rotatable bonds is 4. The van der Waals surface area contributed by atoms with Gasteiger partial charge >= 0.3 is 5.97 Å². The normalized spacial score (nSPS) is 23.6. The first kappa shape index (κ1) is 15.1. The fraction of sp³-hybridized carbons (Fsp3) is 0.611. The standard InChI is InChI=1S/C18H26O2/c1-13-7-9-15(10-8-13)16-6-4-5-14(11-16)12-18(2,3)17(19)20/h4-6,11,13,15H,7-10,12H2,1-3H3,(H,19,20).